The number of hydrogen-bond acceptors (Lipinski definition) is 5. The van der Waals surface area contributed by atoms with Crippen LogP contribution in [-0.2, 0) is 32.4 Å². The number of halogens is 2. The van der Waals surface area contributed by atoms with Gasteiger partial charge in [0.1, 0.15) is 4.83 Å². The number of nitrogens with zero attached hydrogens (tertiary/aromatic N) is 3. The lowest BCUT2D eigenvalue weighted by Gasteiger charge is -2.23. The van der Waals surface area contributed by atoms with Gasteiger partial charge in [-0.2, -0.15) is 0 Å². The Balaban J connectivity index is 1.31. The Kier molecular flexibility index (Phi) is 5.80. The van der Waals surface area contributed by atoms with Gasteiger partial charge in [-0.3, -0.25) is 14.3 Å². The Morgan fingerprint density at radius 1 is 1.16 bits per heavy atom. The average molecular weight is 453 g/mol. The first-order valence-electron chi connectivity index (χ1n) is 10.7. The van der Waals surface area contributed by atoms with E-state index >= 15 is 0 Å². The molecule has 1 N–H and O–H groups in total. The topological polar surface area (TPSA) is 59.8 Å². The number of aromatic nitrogens is 3. The summed E-state index contributed by atoms with van der Waals surface area (Å²) in [5, 5.41) is 4.18. The van der Waals surface area contributed by atoms with Crippen molar-refractivity contribution in [1.82, 2.24) is 19.9 Å². The van der Waals surface area contributed by atoms with E-state index in [1.54, 1.807) is 34.5 Å². The van der Waals surface area contributed by atoms with E-state index in [0.717, 1.165) is 46.8 Å². The van der Waals surface area contributed by atoms with E-state index in [-0.39, 0.29) is 11.6 Å². The van der Waals surface area contributed by atoms with Crippen LogP contribution in [0.5, 0.6) is 0 Å². The van der Waals surface area contributed by atoms with E-state index in [1.165, 1.54) is 10.9 Å². The number of thiophene rings is 1. The van der Waals surface area contributed by atoms with Crippen molar-refractivity contribution in [2.75, 3.05) is 0 Å². The molecule has 3 heterocycles. The van der Waals surface area contributed by atoms with Crippen LogP contribution >= 0.6 is 11.3 Å². The Morgan fingerprint density at radius 2 is 2.06 bits per heavy atom. The molecular formula is C24H22F2N4OS. The number of rotatable bonds is 6. The number of nitrogens with one attached hydrogen (secondary N) is 1. The van der Waals surface area contributed by atoms with Crippen molar-refractivity contribution in [2.24, 2.45) is 0 Å². The molecule has 0 amide bonds. The zero-order valence-electron chi connectivity index (χ0n) is 17.4. The molecule has 1 aliphatic carbocycles. The number of fused-ring (bicyclic) bond motifs is 3. The second-order valence-corrected chi connectivity index (χ2v) is 9.15. The number of pyridine rings is 1. The fraction of sp³-hybridized carbons (Fsp3) is 0.292. The molecule has 0 fully saturated rings. The molecule has 0 spiro atoms. The Bertz CT molecular complexity index is 1320. The smallest absolute Gasteiger partial charge is 0.262 e. The molecule has 5 nitrogen and oxygen atoms in total. The van der Waals surface area contributed by atoms with Gasteiger partial charge in [-0.15, -0.1) is 11.3 Å². The second kappa shape index (κ2) is 8.88. The molecule has 5 rings (SSSR count). The van der Waals surface area contributed by atoms with Gasteiger partial charge >= 0.3 is 0 Å². The highest BCUT2D eigenvalue weighted by Crippen LogP contribution is 2.33. The number of aryl methyl sites for hydroxylation is 3. The molecule has 8 heteroatoms. The second-order valence-electron chi connectivity index (χ2n) is 8.07. The summed E-state index contributed by atoms with van der Waals surface area (Å²) in [5.74, 6) is -1.66. The molecule has 0 unspecified atom stereocenters. The summed E-state index contributed by atoms with van der Waals surface area (Å²) in [7, 11) is 0. The van der Waals surface area contributed by atoms with E-state index in [2.05, 4.69) is 15.3 Å². The van der Waals surface area contributed by atoms with Gasteiger partial charge in [-0.05, 0) is 54.7 Å². The predicted molar refractivity (Wildman–Crippen MR) is 121 cm³/mol. The van der Waals surface area contributed by atoms with Crippen LogP contribution < -0.4 is 10.9 Å². The van der Waals surface area contributed by atoms with Crippen molar-refractivity contribution in [3.05, 3.63) is 92.6 Å². The fourth-order valence-corrected chi connectivity index (χ4v) is 5.49. The monoisotopic (exact) mass is 452 g/mol. The predicted octanol–water partition coefficient (Wildman–Crippen LogP) is 4.02. The quantitative estimate of drug-likeness (QED) is 0.480. The Hall–Kier alpha value is -2.97. The highest BCUT2D eigenvalue weighted by Gasteiger charge is 2.25. The summed E-state index contributed by atoms with van der Waals surface area (Å²) in [5.41, 5.74) is 2.78. The normalized spacial score (nSPS) is 15.8. The third-order valence-corrected chi connectivity index (χ3v) is 7.11. The van der Waals surface area contributed by atoms with E-state index in [1.807, 2.05) is 18.2 Å². The highest BCUT2D eigenvalue weighted by molar-refractivity contribution is 7.18. The maximum Gasteiger partial charge on any atom is 0.262 e. The van der Waals surface area contributed by atoms with Crippen LogP contribution in [0.25, 0.3) is 10.2 Å². The maximum absolute atomic E-state index is 13.4. The van der Waals surface area contributed by atoms with Crippen LogP contribution in [0.2, 0.25) is 0 Å². The van der Waals surface area contributed by atoms with E-state index < -0.39 is 11.6 Å². The first-order valence-corrected chi connectivity index (χ1v) is 11.5. The van der Waals surface area contributed by atoms with Crippen LogP contribution in [0.15, 0.2) is 53.7 Å². The average Bonchev–Trinajstić information content (AvgIpc) is 3.18. The molecule has 4 aromatic rings. The van der Waals surface area contributed by atoms with Gasteiger partial charge < -0.3 is 5.32 Å². The van der Waals surface area contributed by atoms with E-state index in [0.29, 0.717) is 25.1 Å². The van der Waals surface area contributed by atoms with E-state index in [4.69, 9.17) is 0 Å². The molecule has 0 aliphatic heterocycles. The molecule has 3 aromatic heterocycles. The van der Waals surface area contributed by atoms with Crippen molar-refractivity contribution in [1.29, 1.82) is 0 Å². The minimum Gasteiger partial charge on any atom is -0.310 e. The lowest BCUT2D eigenvalue weighted by molar-refractivity contribution is 0.459. The lowest BCUT2D eigenvalue weighted by atomic mass is 9.93. The molecule has 1 aromatic carbocycles. The molecule has 0 saturated carbocycles. The minimum absolute atomic E-state index is 0.0108. The third kappa shape index (κ3) is 4.20. The Labute approximate surface area is 187 Å². The summed E-state index contributed by atoms with van der Waals surface area (Å²) in [6, 6.07) is 9.97. The van der Waals surface area contributed by atoms with Crippen LogP contribution in [0.3, 0.4) is 0 Å². The fourth-order valence-electron chi connectivity index (χ4n) is 4.23. The largest absolute Gasteiger partial charge is 0.310 e. The Morgan fingerprint density at radius 3 is 2.88 bits per heavy atom. The molecule has 0 bridgehead atoms. The summed E-state index contributed by atoms with van der Waals surface area (Å²) >= 11 is 1.58. The minimum atomic E-state index is -0.834. The van der Waals surface area contributed by atoms with Gasteiger partial charge in [0.05, 0.1) is 11.7 Å². The van der Waals surface area contributed by atoms with Gasteiger partial charge in [0.2, 0.25) is 0 Å². The lowest BCUT2D eigenvalue weighted by Crippen LogP contribution is -2.34. The van der Waals surface area contributed by atoms with Crippen LogP contribution in [0.4, 0.5) is 8.78 Å². The summed E-state index contributed by atoms with van der Waals surface area (Å²) in [6.07, 6.45) is 6.54. The van der Waals surface area contributed by atoms with Crippen LogP contribution in [-0.4, -0.2) is 20.6 Å². The van der Waals surface area contributed by atoms with Crippen molar-refractivity contribution < 1.29 is 8.78 Å². The highest BCUT2D eigenvalue weighted by atomic mass is 32.1. The van der Waals surface area contributed by atoms with Gasteiger partial charge in [-0.1, -0.05) is 12.1 Å². The van der Waals surface area contributed by atoms with Gasteiger partial charge in [0.15, 0.2) is 11.6 Å². The summed E-state index contributed by atoms with van der Waals surface area (Å²) in [4.78, 5) is 24.0. The number of hydrogen-bond donors (Lipinski definition) is 1. The van der Waals surface area contributed by atoms with E-state index in [9.17, 15) is 13.6 Å². The molecule has 1 aliphatic rings. The standard InChI is InChI=1S/C24H22F2N4OS/c25-19-7-4-15(11-20(19)26)13-28-17-5-6-18-21(12-17)32-23-22(18)24(31)30(14-29-23)10-8-16-3-1-2-9-27-16/h1-4,7,9,11,14,17,28H,5-6,8,10,12-13H2/t17-/m1/s1. The first-order chi connectivity index (χ1) is 15.6. The van der Waals surface area contributed by atoms with Crippen molar-refractivity contribution in [3.8, 4) is 0 Å². The summed E-state index contributed by atoms with van der Waals surface area (Å²) in [6.45, 7) is 1.02. The maximum atomic E-state index is 13.4. The van der Waals surface area contributed by atoms with Gasteiger partial charge in [-0.25, -0.2) is 13.8 Å². The van der Waals surface area contributed by atoms with Crippen molar-refractivity contribution in [2.45, 2.75) is 44.8 Å². The third-order valence-electron chi connectivity index (χ3n) is 5.95. The number of benzene rings is 1. The summed E-state index contributed by atoms with van der Waals surface area (Å²) < 4.78 is 28.2. The molecule has 0 saturated heterocycles. The van der Waals surface area contributed by atoms with Crippen molar-refractivity contribution >= 4 is 21.6 Å². The molecule has 164 valence electrons. The van der Waals surface area contributed by atoms with Crippen LogP contribution in [0, 0.1) is 11.6 Å². The zero-order valence-corrected chi connectivity index (χ0v) is 18.2. The first kappa shape index (κ1) is 20.9. The van der Waals surface area contributed by atoms with Crippen LogP contribution in [0.1, 0.15) is 28.1 Å². The van der Waals surface area contributed by atoms with Gasteiger partial charge in [0, 0.05) is 42.3 Å². The SMILES string of the molecule is O=c1c2c3c(sc2ncn1CCc1ccccn1)C[C@H](NCc1ccc(F)c(F)c1)CC3. The zero-order chi connectivity index (χ0) is 22.1. The molecule has 0 radical (unpaired) electrons. The van der Waals surface area contributed by atoms with Gasteiger partial charge in [0.25, 0.3) is 5.56 Å². The molecular weight excluding hydrogens is 430 g/mol. The molecule has 1 atom stereocenters. The van der Waals surface area contributed by atoms with Crippen molar-refractivity contribution in [3.63, 3.8) is 0 Å². The molecule has 32 heavy (non-hydrogen) atoms.